The van der Waals surface area contributed by atoms with E-state index in [0.717, 1.165) is 0 Å². The highest BCUT2D eigenvalue weighted by Crippen LogP contribution is 2.26. The summed E-state index contributed by atoms with van der Waals surface area (Å²) in [5.41, 5.74) is 7.26. The summed E-state index contributed by atoms with van der Waals surface area (Å²) in [4.78, 5) is 12.2. The Morgan fingerprint density at radius 3 is 2.70 bits per heavy atom. The Morgan fingerprint density at radius 1 is 1.30 bits per heavy atom. The third-order valence-electron chi connectivity index (χ3n) is 2.69. The number of hydrogen-bond donors (Lipinski definition) is 2. The molecular weight excluding hydrogens is 344 g/mol. The zero-order valence-corrected chi connectivity index (χ0v) is 13.0. The van der Waals surface area contributed by atoms with Crippen molar-refractivity contribution in [3.63, 3.8) is 0 Å². The fourth-order valence-electron chi connectivity index (χ4n) is 1.60. The van der Waals surface area contributed by atoms with Crippen LogP contribution in [0.2, 0.25) is 5.02 Å². The first-order valence-corrected chi connectivity index (χ1v) is 6.88. The lowest BCUT2D eigenvalue weighted by Gasteiger charge is -2.10. The minimum absolute atomic E-state index is 0.276. The molecule has 2 rings (SSSR count). The Morgan fingerprint density at radius 2 is 2.05 bits per heavy atom. The van der Waals surface area contributed by atoms with Gasteiger partial charge in [-0.25, -0.2) is 0 Å². The van der Waals surface area contributed by atoms with E-state index in [4.69, 9.17) is 22.1 Å². The van der Waals surface area contributed by atoms with Gasteiger partial charge in [0.25, 0.3) is 5.91 Å². The molecule has 0 spiro atoms. The van der Waals surface area contributed by atoms with Crippen molar-refractivity contribution in [3.05, 3.63) is 51.5 Å². The van der Waals surface area contributed by atoms with Gasteiger partial charge in [-0.3, -0.25) is 4.79 Å². The lowest BCUT2D eigenvalue weighted by molar-refractivity contribution is 0.102. The molecule has 0 aliphatic rings. The average Bonchev–Trinajstić information content (AvgIpc) is 2.44. The monoisotopic (exact) mass is 354 g/mol. The van der Waals surface area contributed by atoms with E-state index < -0.39 is 0 Å². The summed E-state index contributed by atoms with van der Waals surface area (Å²) in [6.07, 6.45) is 0. The number of hydrogen-bond acceptors (Lipinski definition) is 3. The Kier molecular flexibility index (Phi) is 4.52. The molecule has 2 aromatic carbocycles. The number of nitrogens with two attached hydrogens (primary N) is 1. The van der Waals surface area contributed by atoms with Crippen LogP contribution in [0.4, 0.5) is 11.4 Å². The fraction of sp³-hybridized carbons (Fsp3) is 0.0714. The number of carbonyl (C=O) groups is 1. The molecule has 1 amide bonds. The summed E-state index contributed by atoms with van der Waals surface area (Å²) >= 11 is 9.18. The number of anilines is 2. The summed E-state index contributed by atoms with van der Waals surface area (Å²) in [5, 5.41) is 3.28. The number of amides is 1. The molecule has 0 bridgehead atoms. The second-order valence-electron chi connectivity index (χ2n) is 4.04. The predicted octanol–water partition coefficient (Wildman–Crippen LogP) is 3.95. The molecule has 0 heterocycles. The molecule has 3 N–H and O–H groups in total. The number of benzene rings is 2. The van der Waals surface area contributed by atoms with E-state index >= 15 is 0 Å². The van der Waals surface area contributed by atoms with Crippen molar-refractivity contribution in [2.75, 3.05) is 18.2 Å². The number of nitrogen functional groups attached to an aromatic ring is 1. The van der Waals surface area contributed by atoms with Gasteiger partial charge in [-0.15, -0.1) is 0 Å². The number of methoxy groups -OCH3 is 1. The second kappa shape index (κ2) is 6.15. The molecule has 0 atom stereocenters. The molecule has 4 nitrogen and oxygen atoms in total. The molecule has 0 aromatic heterocycles. The van der Waals surface area contributed by atoms with E-state index in [-0.39, 0.29) is 5.91 Å². The van der Waals surface area contributed by atoms with Crippen molar-refractivity contribution in [2.24, 2.45) is 0 Å². The molecule has 0 fully saturated rings. The smallest absolute Gasteiger partial charge is 0.255 e. The lowest BCUT2D eigenvalue weighted by atomic mass is 10.2. The van der Waals surface area contributed by atoms with Crippen LogP contribution in [-0.2, 0) is 0 Å². The quantitative estimate of drug-likeness (QED) is 0.820. The van der Waals surface area contributed by atoms with E-state index in [1.165, 1.54) is 0 Å². The van der Waals surface area contributed by atoms with E-state index in [0.29, 0.717) is 32.2 Å². The van der Waals surface area contributed by atoms with Crippen LogP contribution in [0.15, 0.2) is 40.9 Å². The molecule has 0 radical (unpaired) electrons. The van der Waals surface area contributed by atoms with Gasteiger partial charge in [0.1, 0.15) is 5.75 Å². The van der Waals surface area contributed by atoms with Crippen LogP contribution in [0.5, 0.6) is 5.75 Å². The molecule has 0 unspecified atom stereocenters. The maximum absolute atomic E-state index is 12.2. The van der Waals surface area contributed by atoms with Crippen molar-refractivity contribution in [3.8, 4) is 5.75 Å². The van der Waals surface area contributed by atoms with E-state index in [9.17, 15) is 4.79 Å². The van der Waals surface area contributed by atoms with Crippen molar-refractivity contribution in [1.82, 2.24) is 0 Å². The zero-order valence-electron chi connectivity index (χ0n) is 10.6. The van der Waals surface area contributed by atoms with E-state index in [1.807, 2.05) is 0 Å². The van der Waals surface area contributed by atoms with Gasteiger partial charge in [-0.1, -0.05) is 11.6 Å². The van der Waals surface area contributed by atoms with Crippen molar-refractivity contribution < 1.29 is 9.53 Å². The van der Waals surface area contributed by atoms with Gasteiger partial charge in [0.2, 0.25) is 0 Å². The van der Waals surface area contributed by atoms with Gasteiger partial charge in [-0.2, -0.15) is 0 Å². The first-order valence-electron chi connectivity index (χ1n) is 5.71. The Hall–Kier alpha value is -1.72. The summed E-state index contributed by atoms with van der Waals surface area (Å²) < 4.78 is 5.76. The zero-order chi connectivity index (χ0) is 14.7. The molecular formula is C14H12BrClN2O2. The summed E-state index contributed by atoms with van der Waals surface area (Å²) in [6, 6.07) is 10.00. The van der Waals surface area contributed by atoms with E-state index in [2.05, 4.69) is 21.2 Å². The molecule has 6 heteroatoms. The number of nitrogens with one attached hydrogen (secondary N) is 1. The standard InChI is InChI=1S/C14H12BrClN2O2/c1-20-9-3-5-12(17)13(7-9)18-14(19)8-2-4-11(16)10(15)6-8/h2-7H,17H2,1H3,(H,18,19). The Balaban J connectivity index is 2.25. The van der Waals surface area contributed by atoms with Gasteiger partial charge in [0, 0.05) is 16.1 Å². The van der Waals surface area contributed by atoms with Gasteiger partial charge < -0.3 is 15.8 Å². The number of carbonyl (C=O) groups excluding carboxylic acids is 1. The van der Waals surface area contributed by atoms with Crippen LogP contribution in [0, 0.1) is 0 Å². The molecule has 0 aliphatic carbocycles. The minimum Gasteiger partial charge on any atom is -0.497 e. The number of halogens is 2. The van der Waals surface area contributed by atoms with Gasteiger partial charge in [0.15, 0.2) is 0 Å². The molecule has 2 aromatic rings. The van der Waals surface area contributed by atoms with Crippen LogP contribution in [0.1, 0.15) is 10.4 Å². The summed E-state index contributed by atoms with van der Waals surface area (Å²) in [6.45, 7) is 0. The highest BCUT2D eigenvalue weighted by molar-refractivity contribution is 9.10. The number of rotatable bonds is 3. The van der Waals surface area contributed by atoms with Crippen LogP contribution in [0.3, 0.4) is 0 Å². The van der Waals surface area contributed by atoms with Crippen LogP contribution < -0.4 is 15.8 Å². The van der Waals surface area contributed by atoms with Crippen molar-refractivity contribution in [1.29, 1.82) is 0 Å². The molecule has 20 heavy (non-hydrogen) atoms. The minimum atomic E-state index is -0.276. The molecule has 0 saturated carbocycles. The normalized spacial score (nSPS) is 10.2. The van der Waals surface area contributed by atoms with Crippen LogP contribution in [0.25, 0.3) is 0 Å². The topological polar surface area (TPSA) is 64.3 Å². The van der Waals surface area contributed by atoms with Gasteiger partial charge >= 0.3 is 0 Å². The SMILES string of the molecule is COc1ccc(N)c(NC(=O)c2ccc(Cl)c(Br)c2)c1. The molecule has 0 saturated heterocycles. The van der Waals surface area contributed by atoms with Crippen LogP contribution >= 0.6 is 27.5 Å². The third kappa shape index (κ3) is 3.23. The second-order valence-corrected chi connectivity index (χ2v) is 5.30. The molecule has 0 aliphatic heterocycles. The first kappa shape index (κ1) is 14.7. The highest BCUT2D eigenvalue weighted by atomic mass is 79.9. The number of ether oxygens (including phenoxy) is 1. The predicted molar refractivity (Wildman–Crippen MR) is 84.5 cm³/mol. The maximum Gasteiger partial charge on any atom is 0.255 e. The first-order chi connectivity index (χ1) is 9.51. The van der Waals surface area contributed by atoms with Gasteiger partial charge in [0.05, 0.1) is 23.5 Å². The summed E-state index contributed by atoms with van der Waals surface area (Å²) in [7, 11) is 1.55. The van der Waals surface area contributed by atoms with Crippen LogP contribution in [-0.4, -0.2) is 13.0 Å². The molecule has 104 valence electrons. The summed E-state index contributed by atoms with van der Waals surface area (Å²) in [5.74, 6) is 0.342. The largest absolute Gasteiger partial charge is 0.497 e. The van der Waals surface area contributed by atoms with Crippen molar-refractivity contribution in [2.45, 2.75) is 0 Å². The van der Waals surface area contributed by atoms with E-state index in [1.54, 1.807) is 43.5 Å². The highest BCUT2D eigenvalue weighted by Gasteiger charge is 2.10. The maximum atomic E-state index is 12.2. The van der Waals surface area contributed by atoms with Gasteiger partial charge in [-0.05, 0) is 46.3 Å². The lowest BCUT2D eigenvalue weighted by Crippen LogP contribution is -2.13. The fourth-order valence-corrected chi connectivity index (χ4v) is 2.10. The Labute approximate surface area is 130 Å². The van der Waals surface area contributed by atoms with Crippen molar-refractivity contribution >= 4 is 44.8 Å². The third-order valence-corrected chi connectivity index (χ3v) is 3.90. The Bertz CT molecular complexity index is 662. The average molecular weight is 356 g/mol.